The summed E-state index contributed by atoms with van der Waals surface area (Å²) < 4.78 is 24.2. The van der Waals surface area contributed by atoms with E-state index in [1.165, 1.54) is 6.07 Å². The number of carboxylic acids is 1. The zero-order chi connectivity index (χ0) is 15.8. The maximum atomic E-state index is 12.9. The molecule has 0 spiro atoms. The van der Waals surface area contributed by atoms with Crippen LogP contribution in [0.2, 0.25) is 0 Å². The maximum absolute atomic E-state index is 12.9. The number of rotatable bonds is 3. The minimum absolute atomic E-state index is 0.127. The molecule has 0 amide bonds. The Hall–Kier alpha value is -1.36. The largest absolute Gasteiger partial charge is 0.480 e. The third kappa shape index (κ3) is 2.59. The van der Waals surface area contributed by atoms with E-state index < -0.39 is 20.6 Å². The SMILES string of the molecule is Cc1ccc(S(=O)(=O)C2(C(=O)O)CCC(C)CC2)cc1C. The topological polar surface area (TPSA) is 71.4 Å². The van der Waals surface area contributed by atoms with Gasteiger partial charge >= 0.3 is 5.97 Å². The molecule has 0 aromatic heterocycles. The molecular weight excluding hydrogens is 288 g/mol. The van der Waals surface area contributed by atoms with E-state index in [1.807, 2.05) is 20.8 Å². The Labute approximate surface area is 126 Å². The number of carboxylic acid groups (broad SMARTS) is 1. The first-order chi connectivity index (χ1) is 9.70. The van der Waals surface area contributed by atoms with Gasteiger partial charge in [-0.2, -0.15) is 0 Å². The fraction of sp³-hybridized carbons (Fsp3) is 0.562. The van der Waals surface area contributed by atoms with Crippen LogP contribution >= 0.6 is 0 Å². The first kappa shape index (κ1) is 16.0. The van der Waals surface area contributed by atoms with Gasteiger partial charge in [-0.1, -0.05) is 13.0 Å². The van der Waals surface area contributed by atoms with Crippen molar-refractivity contribution in [3.8, 4) is 0 Å². The van der Waals surface area contributed by atoms with Crippen molar-refractivity contribution in [2.24, 2.45) is 5.92 Å². The van der Waals surface area contributed by atoms with E-state index in [1.54, 1.807) is 12.1 Å². The molecule has 1 N–H and O–H groups in total. The monoisotopic (exact) mass is 310 g/mol. The van der Waals surface area contributed by atoms with Gasteiger partial charge in [0.05, 0.1) is 4.90 Å². The summed E-state index contributed by atoms with van der Waals surface area (Å²) in [6, 6.07) is 4.86. The molecule has 1 aromatic rings. The van der Waals surface area contributed by atoms with Crippen LogP contribution < -0.4 is 0 Å². The van der Waals surface area contributed by atoms with Crippen LogP contribution in [0.1, 0.15) is 43.7 Å². The number of hydrogen-bond donors (Lipinski definition) is 1. The molecule has 1 aromatic carbocycles. The summed E-state index contributed by atoms with van der Waals surface area (Å²) in [4.78, 5) is 11.9. The smallest absolute Gasteiger partial charge is 0.325 e. The summed E-state index contributed by atoms with van der Waals surface area (Å²) in [5.41, 5.74) is 1.86. The van der Waals surface area contributed by atoms with Crippen molar-refractivity contribution in [2.75, 3.05) is 0 Å². The van der Waals surface area contributed by atoms with E-state index in [0.717, 1.165) is 11.1 Å². The van der Waals surface area contributed by atoms with Crippen LogP contribution in [0.4, 0.5) is 0 Å². The zero-order valence-corrected chi connectivity index (χ0v) is 13.5. The summed E-state index contributed by atoms with van der Waals surface area (Å²) in [5, 5.41) is 9.62. The average Bonchev–Trinajstić information content (AvgIpc) is 2.42. The van der Waals surface area contributed by atoms with Gasteiger partial charge < -0.3 is 5.11 Å². The van der Waals surface area contributed by atoms with Crippen LogP contribution in [0.15, 0.2) is 23.1 Å². The number of benzene rings is 1. The molecule has 0 aliphatic heterocycles. The summed E-state index contributed by atoms with van der Waals surface area (Å²) in [5.74, 6) is -0.833. The lowest BCUT2D eigenvalue weighted by atomic mass is 9.82. The molecular formula is C16H22O4S. The van der Waals surface area contributed by atoms with Crippen molar-refractivity contribution < 1.29 is 18.3 Å². The second kappa shape index (κ2) is 5.44. The average molecular weight is 310 g/mol. The molecule has 1 saturated carbocycles. The molecule has 0 atom stereocenters. The molecule has 21 heavy (non-hydrogen) atoms. The third-order valence-electron chi connectivity index (χ3n) is 4.77. The minimum Gasteiger partial charge on any atom is -0.480 e. The highest BCUT2D eigenvalue weighted by Gasteiger charge is 2.52. The quantitative estimate of drug-likeness (QED) is 0.931. The zero-order valence-electron chi connectivity index (χ0n) is 12.7. The Bertz CT molecular complexity index is 653. The van der Waals surface area contributed by atoms with Crippen molar-refractivity contribution in [1.82, 2.24) is 0 Å². The number of aliphatic carboxylic acids is 1. The van der Waals surface area contributed by atoms with E-state index in [9.17, 15) is 18.3 Å². The molecule has 2 rings (SSSR count). The van der Waals surface area contributed by atoms with Crippen LogP contribution in [-0.4, -0.2) is 24.2 Å². The molecule has 0 saturated heterocycles. The molecule has 0 unspecified atom stereocenters. The number of hydrogen-bond acceptors (Lipinski definition) is 3. The van der Waals surface area contributed by atoms with Gasteiger partial charge in [-0.05, 0) is 68.7 Å². The first-order valence-corrected chi connectivity index (χ1v) is 8.74. The van der Waals surface area contributed by atoms with Gasteiger partial charge in [0, 0.05) is 0 Å². The van der Waals surface area contributed by atoms with Crippen LogP contribution in [0.25, 0.3) is 0 Å². The van der Waals surface area contributed by atoms with Gasteiger partial charge in [-0.15, -0.1) is 0 Å². The van der Waals surface area contributed by atoms with Gasteiger partial charge in [-0.25, -0.2) is 8.42 Å². The lowest BCUT2D eigenvalue weighted by Crippen LogP contribution is -2.48. The van der Waals surface area contributed by atoms with Gasteiger partial charge in [0.2, 0.25) is 0 Å². The Morgan fingerprint density at radius 2 is 1.76 bits per heavy atom. The summed E-state index contributed by atoms with van der Waals surface area (Å²) in [6.07, 6.45) is 1.66. The normalized spacial score (nSPS) is 26.5. The highest BCUT2D eigenvalue weighted by Crippen LogP contribution is 2.41. The lowest BCUT2D eigenvalue weighted by Gasteiger charge is -2.35. The van der Waals surface area contributed by atoms with Crippen molar-refractivity contribution in [2.45, 2.75) is 56.1 Å². The summed E-state index contributed by atoms with van der Waals surface area (Å²) in [6.45, 7) is 5.78. The molecule has 0 heterocycles. The van der Waals surface area contributed by atoms with Crippen LogP contribution in [0.3, 0.4) is 0 Å². The van der Waals surface area contributed by atoms with Crippen LogP contribution in [-0.2, 0) is 14.6 Å². The van der Waals surface area contributed by atoms with Crippen LogP contribution in [0.5, 0.6) is 0 Å². The van der Waals surface area contributed by atoms with Crippen LogP contribution in [0, 0.1) is 19.8 Å². The molecule has 5 heteroatoms. The van der Waals surface area contributed by atoms with Gasteiger partial charge in [-0.3, -0.25) is 4.79 Å². The van der Waals surface area contributed by atoms with E-state index in [-0.39, 0.29) is 17.7 Å². The molecule has 0 bridgehead atoms. The number of carbonyl (C=O) groups is 1. The summed E-state index contributed by atoms with van der Waals surface area (Å²) >= 11 is 0. The van der Waals surface area contributed by atoms with Gasteiger partial charge in [0.15, 0.2) is 14.6 Å². The van der Waals surface area contributed by atoms with Crippen molar-refractivity contribution >= 4 is 15.8 Å². The standard InChI is InChI=1S/C16H22O4S/c1-11-6-8-16(9-7-11,15(17)18)21(19,20)14-5-4-12(2)13(3)10-14/h4-5,10-11H,6-9H2,1-3H3,(H,17,18). The fourth-order valence-corrected chi connectivity index (χ4v) is 4.97. The predicted molar refractivity (Wildman–Crippen MR) is 81.1 cm³/mol. The Morgan fingerprint density at radius 3 is 2.24 bits per heavy atom. The predicted octanol–water partition coefficient (Wildman–Crippen LogP) is 3.11. The van der Waals surface area contributed by atoms with Crippen molar-refractivity contribution in [1.29, 1.82) is 0 Å². The first-order valence-electron chi connectivity index (χ1n) is 7.26. The summed E-state index contributed by atoms with van der Waals surface area (Å²) in [7, 11) is -3.89. The highest BCUT2D eigenvalue weighted by atomic mass is 32.2. The third-order valence-corrected chi connectivity index (χ3v) is 7.26. The van der Waals surface area contributed by atoms with Gasteiger partial charge in [0.1, 0.15) is 0 Å². The lowest BCUT2D eigenvalue weighted by molar-refractivity contribution is -0.141. The van der Waals surface area contributed by atoms with E-state index in [4.69, 9.17) is 0 Å². The van der Waals surface area contributed by atoms with E-state index in [2.05, 4.69) is 0 Å². The second-order valence-corrected chi connectivity index (χ2v) is 8.49. The van der Waals surface area contributed by atoms with Crippen molar-refractivity contribution in [3.63, 3.8) is 0 Å². The second-order valence-electron chi connectivity index (χ2n) is 6.23. The van der Waals surface area contributed by atoms with E-state index >= 15 is 0 Å². The Balaban J connectivity index is 2.53. The Kier molecular flexibility index (Phi) is 4.15. The molecule has 1 aliphatic rings. The minimum atomic E-state index is -3.89. The molecule has 1 fully saturated rings. The maximum Gasteiger partial charge on any atom is 0.325 e. The molecule has 4 nitrogen and oxygen atoms in total. The number of sulfone groups is 1. The fourth-order valence-electron chi connectivity index (χ4n) is 2.93. The van der Waals surface area contributed by atoms with E-state index in [0.29, 0.717) is 18.8 Å². The number of aryl methyl sites for hydroxylation is 2. The van der Waals surface area contributed by atoms with Gasteiger partial charge in [0.25, 0.3) is 0 Å². The Morgan fingerprint density at radius 1 is 1.19 bits per heavy atom. The molecule has 1 aliphatic carbocycles. The highest BCUT2D eigenvalue weighted by molar-refractivity contribution is 7.93. The van der Waals surface area contributed by atoms with Crippen molar-refractivity contribution in [3.05, 3.63) is 29.3 Å². The molecule has 116 valence electrons. The molecule has 0 radical (unpaired) electrons.